The largest absolute Gasteiger partial charge is 0.391 e. The summed E-state index contributed by atoms with van der Waals surface area (Å²) >= 11 is 0. The van der Waals surface area contributed by atoms with Crippen molar-refractivity contribution < 1.29 is 15.0 Å². The molecule has 0 saturated heterocycles. The van der Waals surface area contributed by atoms with E-state index < -0.39 is 23.7 Å². The monoisotopic (exact) mass is 339 g/mol. The van der Waals surface area contributed by atoms with Crippen molar-refractivity contribution in [3.63, 3.8) is 0 Å². The van der Waals surface area contributed by atoms with E-state index in [0.717, 1.165) is 11.1 Å². The van der Waals surface area contributed by atoms with Crippen molar-refractivity contribution in [1.82, 2.24) is 5.32 Å². The third kappa shape index (κ3) is 4.09. The van der Waals surface area contributed by atoms with Gasteiger partial charge in [-0.15, -0.1) is 0 Å². The molecule has 0 radical (unpaired) electrons. The molecule has 3 N–H and O–H groups in total. The van der Waals surface area contributed by atoms with Crippen LogP contribution in [-0.4, -0.2) is 33.9 Å². The maximum absolute atomic E-state index is 12.6. The predicted molar refractivity (Wildman–Crippen MR) is 97.2 cm³/mol. The summed E-state index contributed by atoms with van der Waals surface area (Å²) in [5.74, 6) is -0.401. The van der Waals surface area contributed by atoms with Gasteiger partial charge in [-0.1, -0.05) is 54.6 Å². The van der Waals surface area contributed by atoms with E-state index >= 15 is 0 Å². The molecule has 1 aliphatic carbocycles. The Kier molecular flexibility index (Phi) is 5.21. The van der Waals surface area contributed by atoms with E-state index in [4.69, 9.17) is 0 Å². The number of benzene rings is 2. The van der Waals surface area contributed by atoms with E-state index in [1.54, 1.807) is 6.92 Å². The Morgan fingerprint density at radius 1 is 1.12 bits per heavy atom. The van der Waals surface area contributed by atoms with Gasteiger partial charge >= 0.3 is 0 Å². The number of hydrogen-bond acceptors (Lipinski definition) is 3. The highest BCUT2D eigenvalue weighted by Crippen LogP contribution is 2.29. The molecule has 4 heteroatoms. The van der Waals surface area contributed by atoms with Gasteiger partial charge in [0.25, 0.3) is 5.91 Å². The number of fused-ring (bicyclic) bond motifs is 1. The molecule has 0 fully saturated rings. The molecule has 0 saturated carbocycles. The standard InChI is InChI=1S/C21H25NO3/c1-15(19(23)13-16-7-3-2-4-8-16)22-20(24)21(25)12-11-17-9-5-6-10-18(17)14-21/h2-10,15,19,23,25H,11-14H2,1H3,(H,22,24)/t15-,19+,21+/m0/s1. The molecule has 0 heterocycles. The Labute approximate surface area is 148 Å². The number of carbonyl (C=O) groups excluding carboxylic acids is 1. The van der Waals surface area contributed by atoms with Crippen LogP contribution in [0.2, 0.25) is 0 Å². The van der Waals surface area contributed by atoms with Crippen LogP contribution in [0.15, 0.2) is 54.6 Å². The molecule has 0 bridgehead atoms. The number of rotatable bonds is 5. The highest BCUT2D eigenvalue weighted by Gasteiger charge is 2.40. The molecule has 4 nitrogen and oxygen atoms in total. The lowest BCUT2D eigenvalue weighted by Gasteiger charge is -2.34. The summed E-state index contributed by atoms with van der Waals surface area (Å²) in [5, 5.41) is 24.0. The minimum Gasteiger partial charge on any atom is -0.391 e. The lowest BCUT2D eigenvalue weighted by Crippen LogP contribution is -2.55. The van der Waals surface area contributed by atoms with E-state index in [2.05, 4.69) is 5.32 Å². The molecular weight excluding hydrogens is 314 g/mol. The Hall–Kier alpha value is -2.17. The van der Waals surface area contributed by atoms with Crippen molar-refractivity contribution in [3.8, 4) is 0 Å². The lowest BCUT2D eigenvalue weighted by atomic mass is 9.80. The SMILES string of the molecule is C[C@H](NC(=O)[C@@]1(O)CCc2ccccc2C1)[C@H](O)Cc1ccccc1. The van der Waals surface area contributed by atoms with Gasteiger partial charge in [-0.3, -0.25) is 4.79 Å². The van der Waals surface area contributed by atoms with Gasteiger partial charge in [-0.2, -0.15) is 0 Å². The van der Waals surface area contributed by atoms with Crippen LogP contribution in [0.5, 0.6) is 0 Å². The van der Waals surface area contributed by atoms with Crippen molar-refractivity contribution in [1.29, 1.82) is 0 Å². The molecule has 1 amide bonds. The van der Waals surface area contributed by atoms with Gasteiger partial charge in [0.15, 0.2) is 0 Å². The summed E-state index contributed by atoms with van der Waals surface area (Å²) in [4.78, 5) is 12.6. The average Bonchev–Trinajstić information content (AvgIpc) is 2.62. The van der Waals surface area contributed by atoms with Crippen molar-refractivity contribution in [2.75, 3.05) is 0 Å². The summed E-state index contributed by atoms with van der Waals surface area (Å²) in [6.07, 6.45) is 1.16. The van der Waals surface area contributed by atoms with Crippen molar-refractivity contribution in [2.45, 2.75) is 50.4 Å². The number of nitrogens with one attached hydrogen (secondary N) is 1. The third-order valence-corrected chi connectivity index (χ3v) is 5.06. The first-order valence-electron chi connectivity index (χ1n) is 8.80. The zero-order valence-corrected chi connectivity index (χ0v) is 14.5. The molecule has 2 aromatic carbocycles. The summed E-state index contributed by atoms with van der Waals surface area (Å²) in [6, 6.07) is 17.1. The summed E-state index contributed by atoms with van der Waals surface area (Å²) in [5.41, 5.74) is 1.82. The second kappa shape index (κ2) is 7.38. The van der Waals surface area contributed by atoms with E-state index in [9.17, 15) is 15.0 Å². The molecular formula is C21H25NO3. The van der Waals surface area contributed by atoms with Crippen molar-refractivity contribution in [2.24, 2.45) is 0 Å². The zero-order valence-electron chi connectivity index (χ0n) is 14.5. The van der Waals surface area contributed by atoms with Gasteiger partial charge < -0.3 is 15.5 Å². The molecule has 0 aliphatic heterocycles. The van der Waals surface area contributed by atoms with Crippen LogP contribution in [0.25, 0.3) is 0 Å². The molecule has 3 atom stereocenters. The first-order chi connectivity index (χ1) is 12.0. The molecule has 0 unspecified atom stereocenters. The fraction of sp³-hybridized carbons (Fsp3) is 0.381. The van der Waals surface area contributed by atoms with Gasteiger partial charge in [0, 0.05) is 12.8 Å². The van der Waals surface area contributed by atoms with Crippen molar-refractivity contribution in [3.05, 3.63) is 71.3 Å². The Morgan fingerprint density at radius 2 is 1.76 bits per heavy atom. The molecule has 1 aliphatic rings. The van der Waals surface area contributed by atoms with Crippen LogP contribution >= 0.6 is 0 Å². The van der Waals surface area contributed by atoms with Gasteiger partial charge in [0.1, 0.15) is 5.60 Å². The topological polar surface area (TPSA) is 69.6 Å². The fourth-order valence-electron chi connectivity index (χ4n) is 3.38. The number of aliphatic hydroxyl groups is 2. The van der Waals surface area contributed by atoms with Gasteiger partial charge in [-0.25, -0.2) is 0 Å². The average molecular weight is 339 g/mol. The van der Waals surface area contributed by atoms with Crippen LogP contribution in [0.4, 0.5) is 0 Å². The second-order valence-electron chi connectivity index (χ2n) is 7.00. The number of aryl methyl sites for hydroxylation is 1. The molecule has 3 rings (SSSR count). The fourth-order valence-corrected chi connectivity index (χ4v) is 3.38. The first-order valence-corrected chi connectivity index (χ1v) is 8.80. The van der Waals surface area contributed by atoms with Gasteiger partial charge in [0.2, 0.25) is 0 Å². The van der Waals surface area contributed by atoms with Gasteiger partial charge in [-0.05, 0) is 36.5 Å². The highest BCUT2D eigenvalue weighted by molar-refractivity contribution is 5.86. The van der Waals surface area contributed by atoms with Crippen LogP contribution in [0.1, 0.15) is 30.0 Å². The number of carbonyl (C=O) groups is 1. The Morgan fingerprint density at radius 3 is 2.48 bits per heavy atom. The molecule has 2 aromatic rings. The van der Waals surface area contributed by atoms with E-state index in [-0.39, 0.29) is 0 Å². The maximum Gasteiger partial charge on any atom is 0.252 e. The van der Waals surface area contributed by atoms with E-state index in [1.807, 2.05) is 54.6 Å². The molecule has 132 valence electrons. The number of hydrogen-bond donors (Lipinski definition) is 3. The minimum absolute atomic E-state index is 0.316. The normalized spacial score (nSPS) is 21.9. The third-order valence-electron chi connectivity index (χ3n) is 5.06. The zero-order chi connectivity index (χ0) is 17.9. The summed E-state index contributed by atoms with van der Waals surface area (Å²) in [7, 11) is 0. The van der Waals surface area contributed by atoms with E-state index in [0.29, 0.717) is 25.7 Å². The summed E-state index contributed by atoms with van der Waals surface area (Å²) < 4.78 is 0. The van der Waals surface area contributed by atoms with E-state index in [1.165, 1.54) is 5.56 Å². The lowest BCUT2D eigenvalue weighted by molar-refractivity contribution is -0.142. The van der Waals surface area contributed by atoms with Crippen molar-refractivity contribution >= 4 is 5.91 Å². The first kappa shape index (κ1) is 17.6. The number of amides is 1. The Bertz CT molecular complexity index is 731. The van der Waals surface area contributed by atoms with Crippen LogP contribution < -0.4 is 5.32 Å². The minimum atomic E-state index is -1.41. The second-order valence-corrected chi connectivity index (χ2v) is 7.00. The molecule has 25 heavy (non-hydrogen) atoms. The molecule has 0 aromatic heterocycles. The van der Waals surface area contributed by atoms with Crippen LogP contribution in [0.3, 0.4) is 0 Å². The van der Waals surface area contributed by atoms with Gasteiger partial charge in [0.05, 0.1) is 12.1 Å². The van der Waals surface area contributed by atoms with Crippen LogP contribution in [-0.2, 0) is 24.1 Å². The number of aliphatic hydroxyl groups excluding tert-OH is 1. The summed E-state index contributed by atoms with van der Waals surface area (Å²) in [6.45, 7) is 1.77. The quantitative estimate of drug-likeness (QED) is 0.780. The maximum atomic E-state index is 12.6. The Balaban J connectivity index is 1.61. The van der Waals surface area contributed by atoms with Crippen LogP contribution in [0, 0.1) is 0 Å². The molecule has 0 spiro atoms. The highest BCUT2D eigenvalue weighted by atomic mass is 16.3. The predicted octanol–water partition coefficient (Wildman–Crippen LogP) is 2.01. The smallest absolute Gasteiger partial charge is 0.252 e.